The molecule has 4 nitrogen and oxygen atoms in total. The number of rotatable bonds is 6. The molecule has 0 radical (unpaired) electrons. The molecule has 1 fully saturated rings. The summed E-state index contributed by atoms with van der Waals surface area (Å²) in [6.45, 7) is 6.31. The molecule has 4 heteroatoms. The summed E-state index contributed by atoms with van der Waals surface area (Å²) in [5, 5.41) is 0. The molecular formula is C16H25N3O. The summed E-state index contributed by atoms with van der Waals surface area (Å²) < 4.78 is 0. The first-order valence-corrected chi connectivity index (χ1v) is 7.61. The molecule has 0 saturated carbocycles. The van der Waals surface area contributed by atoms with E-state index in [4.69, 9.17) is 5.73 Å². The van der Waals surface area contributed by atoms with E-state index in [0.717, 1.165) is 31.5 Å². The number of anilines is 1. The van der Waals surface area contributed by atoms with E-state index in [1.54, 1.807) is 6.20 Å². The van der Waals surface area contributed by atoms with Gasteiger partial charge in [-0.25, -0.2) is 4.98 Å². The molecule has 2 rings (SSSR count). The zero-order chi connectivity index (χ0) is 14.6. The number of hydrogen-bond acceptors (Lipinski definition) is 4. The third kappa shape index (κ3) is 2.70. The van der Waals surface area contributed by atoms with Gasteiger partial charge in [-0.2, -0.15) is 0 Å². The predicted molar refractivity (Wildman–Crippen MR) is 81.5 cm³/mol. The second-order valence-electron chi connectivity index (χ2n) is 5.58. The van der Waals surface area contributed by atoms with Crippen molar-refractivity contribution >= 4 is 11.6 Å². The lowest BCUT2D eigenvalue weighted by atomic mass is 9.83. The van der Waals surface area contributed by atoms with E-state index in [1.807, 2.05) is 12.1 Å². The standard InChI is InChI=1S/C16H25N3O/c1-3-16(4-2,19-10-5-6-11-19)14(20)12-13-8-7-9-18-15(13)17/h7-9H,3-6,10-12H2,1-2H3,(H2,17,18). The normalized spacial score (nSPS) is 16.5. The molecule has 0 aliphatic carbocycles. The van der Waals surface area contributed by atoms with Crippen LogP contribution in [0.25, 0.3) is 0 Å². The number of likely N-dealkylation sites (tertiary alicyclic amines) is 1. The lowest BCUT2D eigenvalue weighted by Gasteiger charge is -2.39. The topological polar surface area (TPSA) is 59.2 Å². The second kappa shape index (κ2) is 6.35. The van der Waals surface area contributed by atoms with Gasteiger partial charge < -0.3 is 5.73 Å². The van der Waals surface area contributed by atoms with Crippen LogP contribution in [0.2, 0.25) is 0 Å². The molecule has 20 heavy (non-hydrogen) atoms. The second-order valence-corrected chi connectivity index (χ2v) is 5.58. The first kappa shape index (κ1) is 15.0. The van der Waals surface area contributed by atoms with Crippen LogP contribution in [-0.2, 0) is 11.2 Å². The molecule has 1 saturated heterocycles. The van der Waals surface area contributed by atoms with E-state index < -0.39 is 0 Å². The summed E-state index contributed by atoms with van der Waals surface area (Å²) in [6.07, 6.45) is 6.17. The number of hydrogen-bond donors (Lipinski definition) is 1. The highest BCUT2D eigenvalue weighted by Gasteiger charge is 2.41. The minimum Gasteiger partial charge on any atom is -0.383 e. The lowest BCUT2D eigenvalue weighted by molar-refractivity contribution is -0.130. The first-order valence-electron chi connectivity index (χ1n) is 7.61. The van der Waals surface area contributed by atoms with Crippen LogP contribution in [-0.4, -0.2) is 34.3 Å². The largest absolute Gasteiger partial charge is 0.383 e. The molecule has 0 amide bonds. The molecule has 0 atom stereocenters. The van der Waals surface area contributed by atoms with Crippen molar-refractivity contribution in [3.63, 3.8) is 0 Å². The van der Waals surface area contributed by atoms with Gasteiger partial charge in [-0.15, -0.1) is 0 Å². The van der Waals surface area contributed by atoms with Gasteiger partial charge >= 0.3 is 0 Å². The molecule has 0 spiro atoms. The van der Waals surface area contributed by atoms with Crippen molar-refractivity contribution in [3.05, 3.63) is 23.9 Å². The van der Waals surface area contributed by atoms with Crippen molar-refractivity contribution < 1.29 is 4.79 Å². The highest BCUT2D eigenvalue weighted by atomic mass is 16.1. The fourth-order valence-corrected chi connectivity index (χ4v) is 3.35. The van der Waals surface area contributed by atoms with Crippen LogP contribution >= 0.6 is 0 Å². The van der Waals surface area contributed by atoms with Crippen LogP contribution < -0.4 is 5.73 Å². The SMILES string of the molecule is CCC(CC)(C(=O)Cc1cccnc1N)N1CCCC1. The van der Waals surface area contributed by atoms with Gasteiger partial charge in [-0.05, 0) is 44.8 Å². The molecule has 1 aliphatic rings. The summed E-state index contributed by atoms with van der Waals surface area (Å²) in [6, 6.07) is 3.74. The van der Waals surface area contributed by atoms with Crippen LogP contribution in [0.1, 0.15) is 45.1 Å². The number of Topliss-reactive ketones (excluding diaryl/α,β-unsaturated/α-hetero) is 1. The van der Waals surface area contributed by atoms with Crippen LogP contribution in [0.4, 0.5) is 5.82 Å². The van der Waals surface area contributed by atoms with E-state index in [1.165, 1.54) is 12.8 Å². The molecule has 2 heterocycles. The van der Waals surface area contributed by atoms with Crippen molar-refractivity contribution in [3.8, 4) is 0 Å². The first-order chi connectivity index (χ1) is 9.64. The van der Waals surface area contributed by atoms with Gasteiger partial charge in [0, 0.05) is 18.2 Å². The van der Waals surface area contributed by atoms with Gasteiger partial charge in [0.2, 0.25) is 0 Å². The zero-order valence-corrected chi connectivity index (χ0v) is 12.6. The Kier molecular flexibility index (Phi) is 4.76. The monoisotopic (exact) mass is 275 g/mol. The Morgan fingerprint density at radius 2 is 2.00 bits per heavy atom. The summed E-state index contributed by atoms with van der Waals surface area (Å²) in [5.74, 6) is 0.757. The molecule has 0 unspecified atom stereocenters. The van der Waals surface area contributed by atoms with E-state index in [2.05, 4.69) is 23.7 Å². The van der Waals surface area contributed by atoms with Crippen molar-refractivity contribution in [1.82, 2.24) is 9.88 Å². The van der Waals surface area contributed by atoms with Crippen LogP contribution in [0.15, 0.2) is 18.3 Å². The number of nitrogen functional groups attached to an aromatic ring is 1. The van der Waals surface area contributed by atoms with Crippen molar-refractivity contribution in [1.29, 1.82) is 0 Å². The maximum absolute atomic E-state index is 12.9. The number of nitrogens with two attached hydrogens (primary N) is 1. The highest BCUT2D eigenvalue weighted by Crippen LogP contribution is 2.30. The molecule has 2 N–H and O–H groups in total. The van der Waals surface area contributed by atoms with Crippen molar-refractivity contribution in [2.75, 3.05) is 18.8 Å². The van der Waals surface area contributed by atoms with E-state index >= 15 is 0 Å². The van der Waals surface area contributed by atoms with E-state index in [9.17, 15) is 4.79 Å². The van der Waals surface area contributed by atoms with Gasteiger partial charge in [-0.1, -0.05) is 19.9 Å². The van der Waals surface area contributed by atoms with Crippen molar-refractivity contribution in [2.24, 2.45) is 0 Å². The minimum atomic E-state index is -0.321. The van der Waals surface area contributed by atoms with Gasteiger partial charge in [0.05, 0.1) is 5.54 Å². The Balaban J connectivity index is 2.21. The molecule has 1 aromatic heterocycles. The van der Waals surface area contributed by atoms with Crippen LogP contribution in [0, 0.1) is 0 Å². The molecule has 1 aliphatic heterocycles. The maximum Gasteiger partial charge on any atom is 0.157 e. The predicted octanol–water partition coefficient (Wildman–Crippen LogP) is 2.43. The Morgan fingerprint density at radius 1 is 1.35 bits per heavy atom. The van der Waals surface area contributed by atoms with Crippen molar-refractivity contribution in [2.45, 2.75) is 51.5 Å². The molecule has 0 aromatic carbocycles. The van der Waals surface area contributed by atoms with E-state index in [0.29, 0.717) is 12.2 Å². The Morgan fingerprint density at radius 3 is 2.55 bits per heavy atom. The number of carbonyl (C=O) groups excluding carboxylic acids is 1. The number of aromatic nitrogens is 1. The van der Waals surface area contributed by atoms with Gasteiger partial charge in [0.1, 0.15) is 5.82 Å². The Hall–Kier alpha value is -1.42. The lowest BCUT2D eigenvalue weighted by Crippen LogP contribution is -2.53. The zero-order valence-electron chi connectivity index (χ0n) is 12.6. The quantitative estimate of drug-likeness (QED) is 0.866. The average Bonchev–Trinajstić information content (AvgIpc) is 2.98. The summed E-state index contributed by atoms with van der Waals surface area (Å²) >= 11 is 0. The number of carbonyl (C=O) groups is 1. The molecule has 0 bridgehead atoms. The average molecular weight is 275 g/mol. The summed E-state index contributed by atoms with van der Waals surface area (Å²) in [7, 11) is 0. The molecule has 1 aromatic rings. The van der Waals surface area contributed by atoms with Gasteiger partial charge in [0.15, 0.2) is 5.78 Å². The number of nitrogens with zero attached hydrogens (tertiary/aromatic N) is 2. The van der Waals surface area contributed by atoms with E-state index in [-0.39, 0.29) is 11.3 Å². The Bertz CT molecular complexity index is 463. The number of pyridine rings is 1. The van der Waals surface area contributed by atoms with Crippen LogP contribution in [0.5, 0.6) is 0 Å². The third-order valence-corrected chi connectivity index (χ3v) is 4.68. The van der Waals surface area contributed by atoms with Crippen LogP contribution in [0.3, 0.4) is 0 Å². The molecular weight excluding hydrogens is 250 g/mol. The van der Waals surface area contributed by atoms with Gasteiger partial charge in [-0.3, -0.25) is 9.69 Å². The fraction of sp³-hybridized carbons (Fsp3) is 0.625. The third-order valence-electron chi connectivity index (χ3n) is 4.68. The fourth-order valence-electron chi connectivity index (χ4n) is 3.35. The summed E-state index contributed by atoms with van der Waals surface area (Å²) in [4.78, 5) is 19.4. The Labute approximate surface area is 121 Å². The minimum absolute atomic E-state index is 0.282. The maximum atomic E-state index is 12.9. The smallest absolute Gasteiger partial charge is 0.157 e. The molecule has 110 valence electrons. The highest BCUT2D eigenvalue weighted by molar-refractivity contribution is 5.90. The number of ketones is 1. The van der Waals surface area contributed by atoms with Gasteiger partial charge in [0.25, 0.3) is 0 Å². The summed E-state index contributed by atoms with van der Waals surface area (Å²) in [5.41, 5.74) is 6.40.